The second-order valence-corrected chi connectivity index (χ2v) is 5.47. The van der Waals surface area contributed by atoms with Gasteiger partial charge in [0.25, 0.3) is 5.56 Å². The van der Waals surface area contributed by atoms with Crippen molar-refractivity contribution in [3.8, 4) is 28.1 Å². The maximum absolute atomic E-state index is 12.8. The topological polar surface area (TPSA) is 96.0 Å². The van der Waals surface area contributed by atoms with Crippen LogP contribution >= 0.6 is 0 Å². The van der Waals surface area contributed by atoms with Crippen LogP contribution in [0.25, 0.3) is 22.3 Å². The number of nitrogens with zero attached hydrogens (tertiary/aromatic N) is 2. The molecule has 4 rings (SSSR count). The smallest absolute Gasteiger partial charge is 0.285 e. The fraction of sp³-hybridized carbons (Fsp3) is 0. The molecule has 0 fully saturated rings. The van der Waals surface area contributed by atoms with E-state index in [1.807, 2.05) is 36.4 Å². The Morgan fingerprint density at radius 1 is 0.833 bits per heavy atom. The molecule has 2 aromatic heterocycles. The molecule has 0 amide bonds. The number of aromatic nitrogens is 2. The van der Waals surface area contributed by atoms with Gasteiger partial charge in [0.2, 0.25) is 5.88 Å². The number of rotatable bonds is 2. The number of fused-ring (bicyclic) bond motifs is 1. The lowest BCUT2D eigenvalue weighted by molar-refractivity contribution is 0.434. The van der Waals surface area contributed by atoms with Gasteiger partial charge in [0.15, 0.2) is 5.49 Å². The van der Waals surface area contributed by atoms with Crippen molar-refractivity contribution in [1.82, 2.24) is 9.03 Å². The highest BCUT2D eigenvalue weighted by molar-refractivity contribution is 5.76. The normalized spacial score (nSPS) is 11.2. The molecule has 24 heavy (non-hydrogen) atoms. The third-order valence-corrected chi connectivity index (χ3v) is 4.09. The van der Waals surface area contributed by atoms with Crippen molar-refractivity contribution >= 4 is 5.82 Å². The van der Waals surface area contributed by atoms with Gasteiger partial charge in [0, 0.05) is 0 Å². The van der Waals surface area contributed by atoms with Crippen molar-refractivity contribution in [2.45, 2.75) is 0 Å². The molecule has 0 spiro atoms. The zero-order valence-electron chi connectivity index (χ0n) is 12.6. The molecule has 0 unspecified atom stereocenters. The average Bonchev–Trinajstić information content (AvgIpc) is 3.02. The summed E-state index contributed by atoms with van der Waals surface area (Å²) in [6.07, 6.45) is 0. The molecule has 4 aromatic rings. The lowest BCUT2D eigenvalue weighted by Crippen LogP contribution is -2.15. The highest BCUT2D eigenvalue weighted by Crippen LogP contribution is 2.29. The van der Waals surface area contributed by atoms with Gasteiger partial charge in [-0.05, 0) is 11.1 Å². The molecular weight excluding hydrogens is 304 g/mol. The van der Waals surface area contributed by atoms with E-state index in [4.69, 9.17) is 11.1 Å². The Labute approximate surface area is 136 Å². The molecule has 0 radical (unpaired) electrons. The number of hydrogen-bond donors (Lipinski definition) is 3. The molecule has 0 aliphatic carbocycles. The largest absolute Gasteiger partial charge is 0.493 e. The first-order chi connectivity index (χ1) is 11.6. The van der Waals surface area contributed by atoms with Crippen LogP contribution in [0.4, 0.5) is 5.82 Å². The monoisotopic (exact) mass is 318 g/mol. The molecular formula is C18H14N4O2. The van der Waals surface area contributed by atoms with Crippen molar-refractivity contribution in [2.24, 2.45) is 0 Å². The summed E-state index contributed by atoms with van der Waals surface area (Å²) in [4.78, 5) is 12.8. The number of aromatic hydroxyl groups is 1. The Morgan fingerprint density at radius 2 is 1.33 bits per heavy atom. The molecule has 0 atom stereocenters. The number of hydrogen-bond acceptors (Lipinski definition) is 4. The zero-order valence-corrected chi connectivity index (χ0v) is 12.6. The summed E-state index contributed by atoms with van der Waals surface area (Å²) < 4.78 is 2.28. The maximum atomic E-state index is 12.8. The van der Waals surface area contributed by atoms with E-state index in [1.54, 1.807) is 24.3 Å². The molecule has 0 aliphatic heterocycles. The summed E-state index contributed by atoms with van der Waals surface area (Å²) in [6, 6.07) is 18.0. The second-order valence-electron chi connectivity index (χ2n) is 5.47. The molecule has 118 valence electrons. The number of anilines is 1. The number of benzene rings is 2. The minimum atomic E-state index is -0.452. The van der Waals surface area contributed by atoms with Crippen molar-refractivity contribution in [3.63, 3.8) is 0 Å². The van der Waals surface area contributed by atoms with E-state index >= 15 is 0 Å². The standard InChI is InChI=1S/C18H14N4O2/c19-15-13(11-7-3-1-4-8-11)16(20)22-18(24)14(17(23)21(15)22)12-9-5-2-6-10-12/h1-10,19,23H,20H2. The summed E-state index contributed by atoms with van der Waals surface area (Å²) >= 11 is 0. The summed E-state index contributed by atoms with van der Waals surface area (Å²) in [5.41, 5.74) is 7.51. The van der Waals surface area contributed by atoms with Crippen LogP contribution in [0.15, 0.2) is 65.5 Å². The van der Waals surface area contributed by atoms with E-state index < -0.39 is 5.56 Å². The third-order valence-electron chi connectivity index (χ3n) is 4.09. The lowest BCUT2D eigenvalue weighted by Gasteiger charge is -1.99. The van der Waals surface area contributed by atoms with E-state index in [0.29, 0.717) is 11.1 Å². The summed E-state index contributed by atoms with van der Waals surface area (Å²) in [7, 11) is 0. The molecule has 0 bridgehead atoms. The fourth-order valence-electron chi connectivity index (χ4n) is 3.00. The van der Waals surface area contributed by atoms with Crippen LogP contribution in [-0.2, 0) is 0 Å². The quantitative estimate of drug-likeness (QED) is 0.527. The molecule has 0 aliphatic rings. The van der Waals surface area contributed by atoms with Gasteiger partial charge in [-0.1, -0.05) is 60.7 Å². The maximum Gasteiger partial charge on any atom is 0.285 e. The third kappa shape index (κ3) is 1.77. The van der Waals surface area contributed by atoms with Crippen LogP contribution in [0.1, 0.15) is 0 Å². The van der Waals surface area contributed by atoms with Crippen LogP contribution < -0.4 is 16.8 Å². The van der Waals surface area contributed by atoms with Gasteiger partial charge in [-0.15, -0.1) is 0 Å². The molecule has 6 heteroatoms. The van der Waals surface area contributed by atoms with Gasteiger partial charge in [0.05, 0.1) is 5.56 Å². The first kappa shape index (κ1) is 14.1. The highest BCUT2D eigenvalue weighted by Gasteiger charge is 2.24. The van der Waals surface area contributed by atoms with Crippen molar-refractivity contribution in [1.29, 1.82) is 5.41 Å². The van der Waals surface area contributed by atoms with Crippen LogP contribution in [0.3, 0.4) is 0 Å². The lowest BCUT2D eigenvalue weighted by atomic mass is 10.1. The Hall–Kier alpha value is -3.54. The zero-order chi connectivity index (χ0) is 16.8. The van der Waals surface area contributed by atoms with Crippen LogP contribution in [0.2, 0.25) is 0 Å². The Morgan fingerprint density at radius 3 is 1.83 bits per heavy atom. The first-order valence-corrected chi connectivity index (χ1v) is 7.38. The van der Waals surface area contributed by atoms with E-state index in [0.717, 1.165) is 14.6 Å². The minimum Gasteiger partial charge on any atom is -0.493 e. The Kier molecular flexibility index (Phi) is 2.93. The Balaban J connectivity index is 2.10. The van der Waals surface area contributed by atoms with Crippen molar-refractivity contribution < 1.29 is 5.11 Å². The van der Waals surface area contributed by atoms with Crippen LogP contribution in [0.5, 0.6) is 5.88 Å². The Bertz CT molecular complexity index is 1050. The SMILES string of the molecule is N=c1c(-c2ccccc2)c(N)n2c(=O)c(-c3ccccc3)c(O)n12. The van der Waals surface area contributed by atoms with Crippen molar-refractivity contribution in [2.75, 3.05) is 5.73 Å². The molecule has 2 aromatic carbocycles. The fourth-order valence-corrected chi connectivity index (χ4v) is 3.00. The van der Waals surface area contributed by atoms with E-state index in [9.17, 15) is 9.90 Å². The van der Waals surface area contributed by atoms with Crippen LogP contribution in [-0.4, -0.2) is 14.1 Å². The van der Waals surface area contributed by atoms with Gasteiger partial charge in [-0.2, -0.15) is 9.03 Å². The van der Waals surface area contributed by atoms with Gasteiger partial charge in [-0.3, -0.25) is 10.2 Å². The summed E-state index contributed by atoms with van der Waals surface area (Å²) in [5.74, 6) is -0.154. The first-order valence-electron chi connectivity index (χ1n) is 7.38. The molecule has 0 saturated heterocycles. The number of nitrogens with one attached hydrogen (secondary N) is 1. The van der Waals surface area contributed by atoms with E-state index in [1.165, 1.54) is 0 Å². The molecule has 2 heterocycles. The summed E-state index contributed by atoms with van der Waals surface area (Å²) in [5, 5.41) is 18.9. The minimum absolute atomic E-state index is 0.0320. The van der Waals surface area contributed by atoms with Crippen molar-refractivity contribution in [3.05, 3.63) is 76.5 Å². The van der Waals surface area contributed by atoms with Gasteiger partial charge >= 0.3 is 0 Å². The average molecular weight is 318 g/mol. The predicted octanol–water partition coefficient (Wildman–Crippen LogP) is 1.94. The second kappa shape index (κ2) is 4.99. The molecule has 6 nitrogen and oxygen atoms in total. The highest BCUT2D eigenvalue weighted by atomic mass is 16.3. The van der Waals surface area contributed by atoms with E-state index in [-0.39, 0.29) is 22.7 Å². The van der Waals surface area contributed by atoms with Gasteiger partial charge < -0.3 is 10.8 Å². The van der Waals surface area contributed by atoms with Gasteiger partial charge in [0.1, 0.15) is 11.4 Å². The van der Waals surface area contributed by atoms with Crippen LogP contribution in [0, 0.1) is 5.41 Å². The van der Waals surface area contributed by atoms with Gasteiger partial charge in [-0.25, -0.2) is 0 Å². The molecule has 4 N–H and O–H groups in total. The number of nitrogen functional groups attached to an aromatic ring is 1. The predicted molar refractivity (Wildman–Crippen MR) is 91.1 cm³/mol. The summed E-state index contributed by atoms with van der Waals surface area (Å²) in [6.45, 7) is 0. The molecule has 0 saturated carbocycles. The number of nitrogens with two attached hydrogens (primary N) is 1. The van der Waals surface area contributed by atoms with E-state index in [2.05, 4.69) is 0 Å².